The summed E-state index contributed by atoms with van der Waals surface area (Å²) >= 11 is 1.75. The normalized spacial score (nSPS) is 18.0. The minimum absolute atomic E-state index is 0.560. The van der Waals surface area contributed by atoms with E-state index in [0.717, 1.165) is 11.1 Å². The third-order valence-corrected chi connectivity index (χ3v) is 6.16. The molecule has 0 bridgehead atoms. The Morgan fingerprint density at radius 2 is 0.853 bits per heavy atom. The SMILES string of the molecule is CC1=[C-]C(C)C(C)=C1C.CC1=[C-]C(C)C(C)=C1C.[CH2-]c1ccccc1.[CH2-]c1ccccc1.[CH2]=[Ti]. The summed E-state index contributed by atoms with van der Waals surface area (Å²) in [7, 11) is 0. The van der Waals surface area contributed by atoms with Crippen LogP contribution in [0.1, 0.15) is 66.5 Å². The third kappa shape index (κ3) is 11.7. The van der Waals surface area contributed by atoms with Crippen LogP contribution in [0.5, 0.6) is 0 Å². The van der Waals surface area contributed by atoms with E-state index in [1.54, 1.807) is 20.0 Å². The molecule has 182 valence electrons. The molecule has 2 aliphatic carbocycles. The van der Waals surface area contributed by atoms with E-state index in [4.69, 9.17) is 0 Å². The number of allylic oxidation sites excluding steroid dienone is 8. The Bertz CT molecular complexity index is 890. The molecule has 0 aromatic heterocycles. The Morgan fingerprint density at radius 3 is 0.941 bits per heavy atom. The van der Waals surface area contributed by atoms with Crippen LogP contribution in [-0.4, -0.2) is 4.82 Å². The summed E-state index contributed by atoms with van der Waals surface area (Å²) in [6.07, 6.45) is 6.72. The molecule has 2 atom stereocenters. The van der Waals surface area contributed by atoms with Gasteiger partial charge < -0.3 is 0 Å². The molecule has 0 aliphatic heterocycles. The molecule has 0 radical (unpaired) electrons. The topological polar surface area (TPSA) is 0 Å². The molecular formula is C33H42Ti-4. The van der Waals surface area contributed by atoms with Gasteiger partial charge in [0.15, 0.2) is 0 Å². The third-order valence-electron chi connectivity index (χ3n) is 6.16. The van der Waals surface area contributed by atoms with Gasteiger partial charge in [0, 0.05) is 0 Å². The molecule has 34 heavy (non-hydrogen) atoms. The van der Waals surface area contributed by atoms with E-state index in [2.05, 4.69) is 86.2 Å². The minimum atomic E-state index is 0.560. The first-order chi connectivity index (χ1) is 16.0. The standard InChI is InChI=1S/2C9H13.2C7H7.CH2.Ti/c2*1-6-5-7(2)9(4)8(6)3;2*1-7-5-3-2-4-6-7;;/h2*6H,1-4H3;2*2-6H,1H2;1H2;/q4*-1;;. The van der Waals surface area contributed by atoms with Crippen molar-refractivity contribution in [2.45, 2.75) is 55.4 Å². The zero-order valence-corrected chi connectivity index (χ0v) is 24.1. The Morgan fingerprint density at radius 1 is 0.588 bits per heavy atom. The van der Waals surface area contributed by atoms with E-state index in [-0.39, 0.29) is 0 Å². The van der Waals surface area contributed by atoms with Crippen molar-refractivity contribution in [1.82, 2.24) is 0 Å². The van der Waals surface area contributed by atoms with Gasteiger partial charge in [-0.2, -0.15) is 71.5 Å². The zero-order valence-electron chi connectivity index (χ0n) is 22.5. The van der Waals surface area contributed by atoms with Crippen LogP contribution >= 0.6 is 0 Å². The van der Waals surface area contributed by atoms with Gasteiger partial charge in [0.2, 0.25) is 0 Å². The molecule has 0 saturated carbocycles. The quantitative estimate of drug-likeness (QED) is 0.257. The van der Waals surface area contributed by atoms with Crippen molar-refractivity contribution in [3.05, 3.63) is 131 Å². The fraction of sp³-hybridized carbons (Fsp3) is 0.303. The summed E-state index contributed by atoms with van der Waals surface area (Å²) < 4.78 is 0. The zero-order chi connectivity index (χ0) is 26.3. The van der Waals surface area contributed by atoms with Gasteiger partial charge in [-0.25, -0.2) is 11.1 Å². The van der Waals surface area contributed by atoms with Crippen LogP contribution in [0.4, 0.5) is 0 Å². The molecule has 2 aromatic rings. The summed E-state index contributed by atoms with van der Waals surface area (Å²) in [4.78, 5) is 3.25. The predicted molar refractivity (Wildman–Crippen MR) is 149 cm³/mol. The summed E-state index contributed by atoms with van der Waals surface area (Å²) in [6.45, 7) is 24.8. The molecule has 1 heteroatoms. The van der Waals surface area contributed by atoms with Crippen molar-refractivity contribution < 1.29 is 20.0 Å². The number of hydrogen-bond donors (Lipinski definition) is 0. The van der Waals surface area contributed by atoms with E-state index >= 15 is 0 Å². The number of rotatable bonds is 0. The predicted octanol–water partition coefficient (Wildman–Crippen LogP) is 9.15. The van der Waals surface area contributed by atoms with Gasteiger partial charge in [0.1, 0.15) is 0 Å². The fourth-order valence-corrected chi connectivity index (χ4v) is 3.28. The van der Waals surface area contributed by atoms with Gasteiger partial charge >= 0.3 is 24.8 Å². The first kappa shape index (κ1) is 31.7. The summed E-state index contributed by atoms with van der Waals surface area (Å²) in [6, 6.07) is 19.7. The number of benzene rings is 2. The van der Waals surface area contributed by atoms with Crippen LogP contribution in [-0.2, 0) is 20.0 Å². The van der Waals surface area contributed by atoms with E-state index < -0.39 is 0 Å². The van der Waals surface area contributed by atoms with Crippen molar-refractivity contribution in [2.75, 3.05) is 0 Å². The van der Waals surface area contributed by atoms with Crippen LogP contribution in [0.3, 0.4) is 0 Å². The second-order valence-electron chi connectivity index (χ2n) is 8.57. The molecule has 0 fully saturated rings. The van der Waals surface area contributed by atoms with Crippen LogP contribution in [0.25, 0.3) is 0 Å². The monoisotopic (exact) mass is 486 g/mol. The Kier molecular flexibility index (Phi) is 16.1. The molecule has 2 aromatic carbocycles. The molecule has 0 saturated heterocycles. The molecule has 4 rings (SSSR count). The van der Waals surface area contributed by atoms with E-state index in [0.29, 0.717) is 11.8 Å². The Balaban J connectivity index is 0.000000419. The van der Waals surface area contributed by atoms with Crippen molar-refractivity contribution in [1.29, 1.82) is 0 Å². The van der Waals surface area contributed by atoms with Crippen molar-refractivity contribution in [2.24, 2.45) is 11.8 Å². The van der Waals surface area contributed by atoms with Gasteiger partial charge in [0.05, 0.1) is 0 Å². The molecule has 0 amide bonds. The summed E-state index contributed by atoms with van der Waals surface area (Å²) in [5.41, 5.74) is 10.6. The second kappa shape index (κ2) is 17.2. The number of hydrogen-bond acceptors (Lipinski definition) is 0. The van der Waals surface area contributed by atoms with Gasteiger partial charge in [-0.1, -0.05) is 65.5 Å². The Labute approximate surface area is 222 Å². The molecule has 0 N–H and O–H groups in total. The second-order valence-corrected chi connectivity index (χ2v) is 8.57. The maximum atomic E-state index is 3.72. The maximum absolute atomic E-state index is 3.72. The van der Waals surface area contributed by atoms with Crippen molar-refractivity contribution >= 4 is 4.82 Å². The summed E-state index contributed by atoms with van der Waals surface area (Å²) in [5, 5.41) is 0. The molecule has 2 aliphatic rings. The first-order valence-corrected chi connectivity index (χ1v) is 12.8. The van der Waals surface area contributed by atoms with Crippen molar-refractivity contribution in [3.63, 3.8) is 0 Å². The van der Waals surface area contributed by atoms with Gasteiger partial charge in [0.25, 0.3) is 0 Å². The van der Waals surface area contributed by atoms with Gasteiger partial charge in [-0.05, 0) is 0 Å². The van der Waals surface area contributed by atoms with Crippen LogP contribution in [0.15, 0.2) is 94.1 Å². The van der Waals surface area contributed by atoms with Crippen LogP contribution in [0.2, 0.25) is 0 Å². The molecule has 2 unspecified atom stereocenters. The molecule has 0 spiro atoms. The van der Waals surface area contributed by atoms with E-state index in [9.17, 15) is 0 Å². The van der Waals surface area contributed by atoms with Crippen LogP contribution in [0, 0.1) is 37.8 Å². The average molecular weight is 487 g/mol. The summed E-state index contributed by atoms with van der Waals surface area (Å²) in [5.74, 6) is 1.12. The van der Waals surface area contributed by atoms with Crippen LogP contribution < -0.4 is 0 Å². The molecule has 0 heterocycles. The first-order valence-electron chi connectivity index (χ1n) is 11.7. The van der Waals surface area contributed by atoms with Gasteiger partial charge in [-0.3, -0.25) is 12.2 Å². The van der Waals surface area contributed by atoms with Gasteiger partial charge in [-0.15, -0.1) is 38.1 Å². The molecular weight excluding hydrogens is 444 g/mol. The molecule has 0 nitrogen and oxygen atoms in total. The van der Waals surface area contributed by atoms with E-state index in [1.165, 1.54) is 33.4 Å². The van der Waals surface area contributed by atoms with E-state index in [1.807, 2.05) is 60.7 Å². The fourth-order valence-electron chi connectivity index (χ4n) is 3.28. The Hall–Kier alpha value is -2.28. The average Bonchev–Trinajstić information content (AvgIpc) is 3.19. The van der Waals surface area contributed by atoms with Crippen molar-refractivity contribution in [3.8, 4) is 0 Å².